The van der Waals surface area contributed by atoms with E-state index in [1.165, 1.54) is 11.1 Å². The fourth-order valence-electron chi connectivity index (χ4n) is 2.85. The number of hydrogen-bond acceptors (Lipinski definition) is 3. The van der Waals surface area contributed by atoms with Gasteiger partial charge in [-0.25, -0.2) is 0 Å². The average Bonchev–Trinajstić information content (AvgIpc) is 2.48. The molecule has 1 aromatic carbocycles. The Kier molecular flexibility index (Phi) is 7.08. The SMILES string of the molecule is CCCNC(c1cccc(CC(C)C)c1)C1CSCCO1. The van der Waals surface area contributed by atoms with E-state index in [4.69, 9.17) is 4.74 Å². The average molecular weight is 308 g/mol. The van der Waals surface area contributed by atoms with Crippen LogP contribution in [0.25, 0.3) is 0 Å². The molecule has 0 aromatic heterocycles. The molecule has 1 aliphatic heterocycles. The first kappa shape index (κ1) is 16.9. The lowest BCUT2D eigenvalue weighted by Gasteiger charge is -2.31. The molecule has 0 amide bonds. The van der Waals surface area contributed by atoms with Crippen molar-refractivity contribution in [3.05, 3.63) is 35.4 Å². The summed E-state index contributed by atoms with van der Waals surface area (Å²) in [6, 6.07) is 9.39. The van der Waals surface area contributed by atoms with Crippen LogP contribution in [0.15, 0.2) is 24.3 Å². The van der Waals surface area contributed by atoms with Crippen LogP contribution in [-0.2, 0) is 11.2 Å². The van der Waals surface area contributed by atoms with Gasteiger partial charge in [0.2, 0.25) is 0 Å². The molecule has 0 radical (unpaired) electrons. The van der Waals surface area contributed by atoms with Crippen molar-refractivity contribution in [3.63, 3.8) is 0 Å². The molecule has 2 unspecified atom stereocenters. The molecule has 0 spiro atoms. The van der Waals surface area contributed by atoms with Crippen molar-refractivity contribution in [2.45, 2.75) is 45.8 Å². The molecule has 1 saturated heterocycles. The Bertz CT molecular complexity index is 415. The summed E-state index contributed by atoms with van der Waals surface area (Å²) in [5.41, 5.74) is 2.82. The minimum Gasteiger partial charge on any atom is -0.375 e. The van der Waals surface area contributed by atoms with Crippen LogP contribution >= 0.6 is 11.8 Å². The van der Waals surface area contributed by atoms with Crippen LogP contribution in [0, 0.1) is 5.92 Å². The standard InChI is InChI=1S/C18H29NOS/c1-4-8-19-18(17-13-21-10-9-20-17)16-7-5-6-15(12-16)11-14(2)3/h5-7,12,14,17-19H,4,8-11,13H2,1-3H3. The first-order valence-electron chi connectivity index (χ1n) is 8.22. The summed E-state index contributed by atoms with van der Waals surface area (Å²) in [7, 11) is 0. The van der Waals surface area contributed by atoms with Crippen LogP contribution < -0.4 is 5.32 Å². The third-order valence-electron chi connectivity index (χ3n) is 3.78. The summed E-state index contributed by atoms with van der Waals surface area (Å²) < 4.78 is 6.03. The molecule has 0 saturated carbocycles. The van der Waals surface area contributed by atoms with Gasteiger partial charge in [0.1, 0.15) is 0 Å². The molecule has 3 heteroatoms. The predicted octanol–water partition coefficient (Wildman–Crippen LogP) is 4.06. The highest BCUT2D eigenvalue weighted by Crippen LogP contribution is 2.26. The number of ether oxygens (including phenoxy) is 1. The van der Waals surface area contributed by atoms with E-state index in [9.17, 15) is 0 Å². The molecule has 2 nitrogen and oxygen atoms in total. The van der Waals surface area contributed by atoms with Crippen molar-refractivity contribution in [1.82, 2.24) is 5.32 Å². The van der Waals surface area contributed by atoms with E-state index >= 15 is 0 Å². The van der Waals surface area contributed by atoms with E-state index in [0.717, 1.165) is 37.5 Å². The fourth-order valence-corrected chi connectivity index (χ4v) is 3.75. The van der Waals surface area contributed by atoms with Gasteiger partial charge in [0.15, 0.2) is 0 Å². The van der Waals surface area contributed by atoms with Gasteiger partial charge in [-0.3, -0.25) is 0 Å². The number of nitrogens with one attached hydrogen (secondary N) is 1. The lowest BCUT2D eigenvalue weighted by Crippen LogP contribution is -2.38. The molecule has 118 valence electrons. The summed E-state index contributed by atoms with van der Waals surface area (Å²) in [5.74, 6) is 2.92. The molecular formula is C18H29NOS. The Labute approximate surface area is 134 Å². The lowest BCUT2D eigenvalue weighted by molar-refractivity contribution is 0.0468. The smallest absolute Gasteiger partial charge is 0.0860 e. The maximum absolute atomic E-state index is 6.03. The van der Waals surface area contributed by atoms with Gasteiger partial charge >= 0.3 is 0 Å². The quantitative estimate of drug-likeness (QED) is 0.821. The number of thioether (sulfide) groups is 1. The van der Waals surface area contributed by atoms with Crippen molar-refractivity contribution < 1.29 is 4.74 Å². The van der Waals surface area contributed by atoms with Gasteiger partial charge in [-0.1, -0.05) is 45.0 Å². The van der Waals surface area contributed by atoms with Crippen LogP contribution in [0.1, 0.15) is 44.4 Å². The second-order valence-corrected chi connectivity index (χ2v) is 7.41. The van der Waals surface area contributed by atoms with E-state index in [1.807, 2.05) is 11.8 Å². The third kappa shape index (κ3) is 5.32. The van der Waals surface area contributed by atoms with Crippen molar-refractivity contribution in [2.24, 2.45) is 5.92 Å². The van der Waals surface area contributed by atoms with Gasteiger partial charge in [-0.2, -0.15) is 11.8 Å². The molecular weight excluding hydrogens is 278 g/mol. The number of rotatable bonds is 7. The molecule has 0 aliphatic carbocycles. The van der Waals surface area contributed by atoms with Crippen LogP contribution in [0.4, 0.5) is 0 Å². The fraction of sp³-hybridized carbons (Fsp3) is 0.667. The molecule has 1 fully saturated rings. The van der Waals surface area contributed by atoms with Crippen molar-refractivity contribution in [3.8, 4) is 0 Å². The Hall–Kier alpha value is -0.510. The van der Waals surface area contributed by atoms with Gasteiger partial charge in [0.25, 0.3) is 0 Å². The lowest BCUT2D eigenvalue weighted by atomic mass is 9.96. The Balaban J connectivity index is 2.14. The molecule has 1 heterocycles. The molecule has 1 aliphatic rings. The van der Waals surface area contributed by atoms with Gasteiger partial charge in [0.05, 0.1) is 18.8 Å². The van der Waals surface area contributed by atoms with Crippen LogP contribution in [0.5, 0.6) is 0 Å². The minimum atomic E-state index is 0.296. The predicted molar refractivity (Wildman–Crippen MR) is 93.1 cm³/mol. The van der Waals surface area contributed by atoms with E-state index in [1.54, 1.807) is 0 Å². The van der Waals surface area contributed by atoms with Crippen LogP contribution in [0.3, 0.4) is 0 Å². The summed E-state index contributed by atoms with van der Waals surface area (Å²) in [6.07, 6.45) is 2.60. The van der Waals surface area contributed by atoms with Gasteiger partial charge in [-0.15, -0.1) is 0 Å². The third-order valence-corrected chi connectivity index (χ3v) is 4.80. The minimum absolute atomic E-state index is 0.296. The highest BCUT2D eigenvalue weighted by atomic mass is 32.2. The zero-order valence-electron chi connectivity index (χ0n) is 13.6. The summed E-state index contributed by atoms with van der Waals surface area (Å²) >= 11 is 2.01. The molecule has 1 N–H and O–H groups in total. The van der Waals surface area contributed by atoms with Crippen molar-refractivity contribution in [2.75, 3.05) is 24.7 Å². The van der Waals surface area contributed by atoms with E-state index in [2.05, 4.69) is 50.4 Å². The molecule has 21 heavy (non-hydrogen) atoms. The highest BCUT2D eigenvalue weighted by Gasteiger charge is 2.25. The Morgan fingerprint density at radius 1 is 1.38 bits per heavy atom. The topological polar surface area (TPSA) is 21.3 Å². The van der Waals surface area contributed by atoms with Gasteiger partial charge in [-0.05, 0) is 36.4 Å². The highest BCUT2D eigenvalue weighted by molar-refractivity contribution is 7.99. The first-order chi connectivity index (χ1) is 10.2. The largest absolute Gasteiger partial charge is 0.375 e. The second kappa shape index (κ2) is 8.82. The number of benzene rings is 1. The summed E-state index contributed by atoms with van der Waals surface area (Å²) in [6.45, 7) is 8.70. The van der Waals surface area contributed by atoms with E-state index < -0.39 is 0 Å². The van der Waals surface area contributed by atoms with Crippen molar-refractivity contribution >= 4 is 11.8 Å². The normalized spacial score (nSPS) is 20.7. The molecule has 2 atom stereocenters. The second-order valence-electron chi connectivity index (χ2n) is 6.26. The van der Waals surface area contributed by atoms with E-state index in [-0.39, 0.29) is 0 Å². The zero-order chi connectivity index (χ0) is 15.1. The maximum Gasteiger partial charge on any atom is 0.0860 e. The Morgan fingerprint density at radius 3 is 2.90 bits per heavy atom. The van der Waals surface area contributed by atoms with Gasteiger partial charge in [0, 0.05) is 11.5 Å². The first-order valence-corrected chi connectivity index (χ1v) is 9.37. The zero-order valence-corrected chi connectivity index (χ0v) is 14.4. The summed E-state index contributed by atoms with van der Waals surface area (Å²) in [4.78, 5) is 0. The Morgan fingerprint density at radius 2 is 2.24 bits per heavy atom. The maximum atomic E-state index is 6.03. The van der Waals surface area contributed by atoms with Crippen LogP contribution in [-0.4, -0.2) is 30.8 Å². The van der Waals surface area contributed by atoms with Crippen LogP contribution in [0.2, 0.25) is 0 Å². The van der Waals surface area contributed by atoms with Crippen molar-refractivity contribution in [1.29, 1.82) is 0 Å². The molecule has 2 rings (SSSR count). The molecule has 1 aromatic rings. The number of hydrogen-bond donors (Lipinski definition) is 1. The van der Waals surface area contributed by atoms with E-state index in [0.29, 0.717) is 18.1 Å². The summed E-state index contributed by atoms with van der Waals surface area (Å²) in [5, 5.41) is 3.70. The monoisotopic (exact) mass is 307 g/mol. The van der Waals surface area contributed by atoms with Gasteiger partial charge < -0.3 is 10.1 Å². The molecule has 0 bridgehead atoms.